The van der Waals surface area contributed by atoms with Crippen molar-refractivity contribution < 1.29 is 80.8 Å². The van der Waals surface area contributed by atoms with E-state index in [-0.39, 0.29) is 59.8 Å². The van der Waals surface area contributed by atoms with Crippen LogP contribution in [0.5, 0.6) is 0 Å². The van der Waals surface area contributed by atoms with E-state index in [0.29, 0.717) is 92.6 Å². The summed E-state index contributed by atoms with van der Waals surface area (Å²) in [7, 11) is 0. The molecule has 13 atom stereocenters. The van der Waals surface area contributed by atoms with Crippen LogP contribution in [0.25, 0.3) is 0 Å². The Hall–Kier alpha value is -7.30. The number of ether oxygens (including phenoxy) is 2. The van der Waals surface area contributed by atoms with E-state index in [9.17, 15) is 43.8 Å². The first-order chi connectivity index (χ1) is 50.0. The molecule has 7 N–H and O–H groups in total. The molecule has 7 aliphatic carbocycles. The van der Waals surface area contributed by atoms with Gasteiger partial charge in [0, 0.05) is 115 Å². The van der Waals surface area contributed by atoms with Gasteiger partial charge in [0.15, 0.2) is 0 Å². The molecule has 104 heavy (non-hydrogen) atoms. The van der Waals surface area contributed by atoms with Crippen LogP contribution in [0.4, 0.5) is 4.79 Å². The molecule has 7 fully saturated rings. The number of carbonyl (C=O) groups is 7. The Morgan fingerprint density at radius 3 is 1.62 bits per heavy atom. The van der Waals surface area contributed by atoms with Crippen LogP contribution >= 0.6 is 11.8 Å². The average molecular weight is 1490 g/mol. The van der Waals surface area contributed by atoms with Gasteiger partial charge in [0.05, 0.1) is 24.0 Å². The number of esters is 1. The van der Waals surface area contributed by atoms with Crippen molar-refractivity contribution in [3.05, 3.63) is 192 Å². The number of nitrogens with one attached hydrogen (secondary N) is 2. The third-order valence-electron chi connectivity index (χ3n) is 19.9. The van der Waals surface area contributed by atoms with E-state index in [4.69, 9.17) is 39.8 Å². The third kappa shape index (κ3) is 30.7. The number of nitrogens with two attached hydrogens (primary N) is 1. The van der Waals surface area contributed by atoms with Gasteiger partial charge in [0.25, 0.3) is 0 Å². The zero-order valence-corrected chi connectivity index (χ0v) is 62.5. The molecule has 13 unspecified atom stereocenters. The molecule has 0 radical (unpaired) electrons. The van der Waals surface area contributed by atoms with Crippen molar-refractivity contribution in [2.24, 2.45) is 47.2 Å². The van der Waals surface area contributed by atoms with Crippen molar-refractivity contribution in [1.82, 2.24) is 24.9 Å². The summed E-state index contributed by atoms with van der Waals surface area (Å²) in [5.41, 5.74) is 9.84. The van der Waals surface area contributed by atoms with Crippen LogP contribution in [0.1, 0.15) is 159 Å². The topological polar surface area (TPSA) is 293 Å². The number of nitrogens with zero attached hydrogens (tertiary/aromatic N) is 3. The molecule has 4 heterocycles. The van der Waals surface area contributed by atoms with E-state index >= 15 is 0 Å². The van der Waals surface area contributed by atoms with Gasteiger partial charge in [0.2, 0.25) is 5.91 Å². The van der Waals surface area contributed by atoms with Gasteiger partial charge in [-0.1, -0.05) is 164 Å². The molecule has 4 aromatic carbocycles. The van der Waals surface area contributed by atoms with Gasteiger partial charge in [-0.25, -0.2) is 9.21 Å². The van der Waals surface area contributed by atoms with Crippen molar-refractivity contribution in [2.45, 2.75) is 205 Å². The van der Waals surface area contributed by atoms with Crippen molar-refractivity contribution in [3.8, 4) is 0 Å². The first-order valence-electron chi connectivity index (χ1n) is 36.9. The van der Waals surface area contributed by atoms with Crippen LogP contribution in [0.3, 0.4) is 0 Å². The molecule has 0 spiro atoms. The van der Waals surface area contributed by atoms with E-state index in [1.54, 1.807) is 15.4 Å². The van der Waals surface area contributed by atoms with Crippen LogP contribution in [0.15, 0.2) is 170 Å². The number of likely N-dealkylation sites (tertiary alicyclic amines) is 2. The van der Waals surface area contributed by atoms with Gasteiger partial charge in [-0.05, 0) is 162 Å². The Morgan fingerprint density at radius 1 is 0.587 bits per heavy atom. The van der Waals surface area contributed by atoms with Crippen LogP contribution in [-0.4, -0.2) is 139 Å². The zero-order valence-electron chi connectivity index (χ0n) is 60.6. The summed E-state index contributed by atoms with van der Waals surface area (Å²) in [5, 5.41) is 33.8. The second-order valence-electron chi connectivity index (χ2n) is 29.7. The Kier molecular flexibility index (Phi) is 36.0. The molecule has 20 nitrogen and oxygen atoms in total. The normalized spacial score (nSPS) is 27.0. The third-order valence-corrected chi connectivity index (χ3v) is 20.3. The molecule has 22 heteroatoms. The summed E-state index contributed by atoms with van der Waals surface area (Å²) in [4.78, 5) is 83.0. The predicted molar refractivity (Wildman–Crippen MR) is 395 cm³/mol. The Labute approximate surface area is 625 Å². The number of aliphatic carboxylic acids is 1. The number of carbonyl (C=O) groups excluding carboxylic acids is 6. The molecule has 0 aromatic heterocycles. The fraction of sp³-hybridized carbons (Fsp3) is 0.524. The number of benzene rings is 4. The van der Waals surface area contributed by atoms with Crippen molar-refractivity contribution in [3.63, 3.8) is 0 Å². The number of carboxylic acids is 1. The number of rotatable bonds is 11. The number of halogens is 1. The van der Waals surface area contributed by atoms with E-state index in [1.165, 1.54) is 23.1 Å². The molecule has 4 aromatic rings. The Morgan fingerprint density at radius 2 is 1.10 bits per heavy atom. The van der Waals surface area contributed by atoms with Gasteiger partial charge >= 0.3 is 40.5 Å². The molecule has 3 saturated carbocycles. The minimum absolute atomic E-state index is 0.00926. The number of aliphatic hydroxyl groups is 2. The summed E-state index contributed by atoms with van der Waals surface area (Å²) in [6.45, 7) is 12.4. The summed E-state index contributed by atoms with van der Waals surface area (Å²) in [6.07, 6.45) is 29.7. The van der Waals surface area contributed by atoms with E-state index in [1.807, 2.05) is 124 Å². The van der Waals surface area contributed by atoms with Crippen LogP contribution in [0.2, 0.25) is 0 Å². The first-order valence-corrected chi connectivity index (χ1v) is 38.2. The fourth-order valence-corrected chi connectivity index (χ4v) is 15.2. The number of hydrogen-bond acceptors (Lipinski definition) is 17. The van der Waals surface area contributed by atoms with Crippen molar-refractivity contribution >= 4 is 53.1 Å². The second kappa shape index (κ2) is 44.6. The Balaban J connectivity index is 0.000000167. The van der Waals surface area contributed by atoms with Gasteiger partial charge < -0.3 is 46.1 Å². The van der Waals surface area contributed by atoms with Crippen LogP contribution in [0, 0.1) is 41.4 Å². The quantitative estimate of drug-likeness (QED) is 0.0352. The average Bonchev–Trinajstić information content (AvgIpc) is 1.71. The summed E-state index contributed by atoms with van der Waals surface area (Å²) < 4.78 is 28.9. The molecule has 4 saturated heterocycles. The fourth-order valence-electron chi connectivity index (χ4n) is 14.8. The number of amides is 2. The number of carboxylic acid groups (broad SMARTS) is 1. The second-order valence-corrected chi connectivity index (χ2v) is 30.3. The SMILES string of the molecule is CC(C)(C)OC(=O)N1CC2CC(=O)CC1C2.NCc1ccccc1.O=C(NCc1ccccc1)C1CC=CC(O)C1.O=C(O)C1CC=CCC1.O=C1CC2CC(C1)N(Cc1ccccc1)C2.O=C1CC2CC(C1)N(Cl)C2.O=C1OC2C=CCC1C2.OC1C=CCC(CNCc2ccccc2)C1.[O]=[Mn]=[O]. The standard InChI is InChI=1S/C14H17NO2.C14H17NO.C14H19NO.C12H19NO3.C7H10ClNO.C7H9N.C7H8O2.C7H10O2.Mn.2O/c16-13-8-4-7-12(9-13)14(17)15-10-11-5-2-1-3-6-11;16-14-7-12-6-13(8-14)15(10-12)9-11-4-2-1-3-5-11;16-14-8-4-7-13(9-14)11-15-10-12-5-2-1-3-6-12;1-12(2,3)16-11(15)13-7-8-4-9(13)6-10(14)5-8;8-9-4-5-1-6(9)3-7(10)2-5;8-6-7-4-2-1-3-5-7;8-7-5-2-1-3-6(4-5)9-7;8-7(9)6-4-2-1-3-5-6;;;/h1-6,8,12-13,16H,7,9-10H2,(H,15,17);1-5,12-13H,6-10H2;1-6,8,13-16H,7,9-11H2;8-9H,4-7H2,1-3H3;5-6H,1-4H2;1-5H,6,8H2;1,3,5-6H,2,4H2;1-2,6H,3-5H2,(H,8,9);;;. The number of allylic oxidation sites excluding steroid dienone is 5. The summed E-state index contributed by atoms with van der Waals surface area (Å²) in [6, 6.07) is 41.7. The number of hydrogen-bond donors (Lipinski definition) is 6. The van der Waals surface area contributed by atoms with Gasteiger partial charge in [-0.3, -0.25) is 33.7 Å². The number of aliphatic hydroxyl groups excluding tert-OH is 2. The predicted octanol–water partition coefficient (Wildman–Crippen LogP) is 12.4. The zero-order chi connectivity index (χ0) is 74.8. The Bertz CT molecular complexity index is 3480. The number of fused-ring (bicyclic) bond motifs is 8. The molecule has 2 amide bonds. The first kappa shape index (κ1) is 84.0. The molecule has 8 bridgehead atoms. The van der Waals surface area contributed by atoms with Crippen LogP contribution in [-0.2, 0) is 86.9 Å². The molecule has 4 aliphatic heterocycles. The van der Waals surface area contributed by atoms with Crippen molar-refractivity contribution in [1.29, 1.82) is 0 Å². The van der Waals surface area contributed by atoms with Crippen LogP contribution < -0.4 is 16.4 Å². The maximum atomic E-state index is 11.9. The summed E-state index contributed by atoms with van der Waals surface area (Å²) >= 11 is 4.42. The minimum atomic E-state index is -1.44. The van der Waals surface area contributed by atoms with Gasteiger partial charge in [-0.2, -0.15) is 0 Å². The summed E-state index contributed by atoms with van der Waals surface area (Å²) in [5.74, 6) is 2.60. The maximum absolute atomic E-state index is 11.9. The van der Waals surface area contributed by atoms with E-state index in [0.717, 1.165) is 122 Å². The molecular formula is C82H109ClMnN6O14. The van der Waals surface area contributed by atoms with Crippen molar-refractivity contribution in [2.75, 3.05) is 26.2 Å². The van der Waals surface area contributed by atoms with E-state index < -0.39 is 32.5 Å². The molecule has 11 aliphatic rings. The molecule has 565 valence electrons. The van der Waals surface area contributed by atoms with Gasteiger partial charge in [-0.15, -0.1) is 0 Å². The molecule has 15 rings (SSSR count). The number of ketones is 3. The molecular weight excluding hydrogens is 1380 g/mol. The van der Waals surface area contributed by atoms with E-state index in [2.05, 4.69) is 76.2 Å². The number of Topliss-reactive ketones (excluding diaryl/α,β-unsaturated/α-hetero) is 3. The van der Waals surface area contributed by atoms with Gasteiger partial charge in [0.1, 0.15) is 29.1 Å². The monoisotopic (exact) mass is 1490 g/mol.